The Kier molecular flexibility index (Phi) is 3.66. The van der Waals surface area contributed by atoms with Crippen LogP contribution in [0.15, 0.2) is 18.2 Å². The van der Waals surface area contributed by atoms with Gasteiger partial charge >= 0.3 is 11.9 Å². The Morgan fingerprint density at radius 3 is 2.41 bits per heavy atom. The van der Waals surface area contributed by atoms with Crippen LogP contribution in [0.2, 0.25) is 0 Å². The maximum absolute atomic E-state index is 13.0. The zero-order valence-corrected chi connectivity index (χ0v) is 8.24. The average Bonchev–Trinajstić information content (AvgIpc) is 2.15. The summed E-state index contributed by atoms with van der Waals surface area (Å²) >= 11 is 0. The summed E-state index contributed by atoms with van der Waals surface area (Å²) in [5.74, 6) is -1.23. The molecule has 1 rings (SSSR count). The van der Waals surface area contributed by atoms with Crippen molar-refractivity contribution in [3.05, 3.63) is 39.7 Å². The molecule has 0 amide bonds. The molecule has 0 saturated heterocycles. The largest absolute Gasteiger partial charge is 0.414 e. The van der Waals surface area contributed by atoms with Crippen LogP contribution in [-0.2, 0) is 6.42 Å². The number of alkyl halides is 3. The van der Waals surface area contributed by atoms with Crippen molar-refractivity contribution in [1.82, 2.24) is 0 Å². The molecule has 0 aromatic heterocycles. The first-order valence-electron chi connectivity index (χ1n) is 4.39. The van der Waals surface area contributed by atoms with Crippen LogP contribution in [0.25, 0.3) is 0 Å². The van der Waals surface area contributed by atoms with E-state index >= 15 is 0 Å². The van der Waals surface area contributed by atoms with Gasteiger partial charge in [-0.1, -0.05) is 6.07 Å². The molecule has 0 fully saturated rings. The minimum absolute atomic E-state index is 0.169. The van der Waals surface area contributed by atoms with E-state index in [-0.39, 0.29) is 5.56 Å². The van der Waals surface area contributed by atoms with Gasteiger partial charge in [0.05, 0.1) is 4.92 Å². The number of nitro benzene ring substituents is 1. The first-order valence-corrected chi connectivity index (χ1v) is 4.39. The Hall–Kier alpha value is -1.70. The van der Waals surface area contributed by atoms with Crippen LogP contribution in [0.5, 0.6) is 0 Å². The molecule has 94 valence electrons. The second-order valence-electron chi connectivity index (χ2n) is 3.30. The van der Waals surface area contributed by atoms with Gasteiger partial charge in [-0.3, -0.25) is 10.1 Å². The molecule has 0 bridgehead atoms. The van der Waals surface area contributed by atoms with E-state index in [0.29, 0.717) is 6.07 Å². The molecule has 0 aliphatic rings. The molecule has 0 saturated carbocycles. The average molecular weight is 253 g/mol. The molecular weight excluding hydrogens is 246 g/mol. The summed E-state index contributed by atoms with van der Waals surface area (Å²) in [6, 6.07) is 2.33. The third-order valence-electron chi connectivity index (χ3n) is 2.02. The molecule has 0 radical (unpaired) electrons. The Bertz CT molecular complexity index is 433. The normalized spacial score (nSPS) is 13.5. The first-order chi connectivity index (χ1) is 7.71. The van der Waals surface area contributed by atoms with Crippen LogP contribution in [0.1, 0.15) is 5.56 Å². The van der Waals surface area contributed by atoms with Gasteiger partial charge in [0.15, 0.2) is 6.10 Å². The number of benzene rings is 1. The predicted molar refractivity (Wildman–Crippen MR) is 48.8 cm³/mol. The van der Waals surface area contributed by atoms with E-state index in [1.54, 1.807) is 0 Å². The van der Waals surface area contributed by atoms with Gasteiger partial charge in [-0.25, -0.2) is 0 Å². The van der Waals surface area contributed by atoms with Crippen LogP contribution in [0.4, 0.5) is 23.2 Å². The fourth-order valence-electron chi connectivity index (χ4n) is 1.16. The van der Waals surface area contributed by atoms with Gasteiger partial charge in [-0.2, -0.15) is 17.6 Å². The van der Waals surface area contributed by atoms with Crippen LogP contribution < -0.4 is 0 Å². The first kappa shape index (κ1) is 13.4. The molecule has 1 aromatic carbocycles. The highest BCUT2D eigenvalue weighted by Crippen LogP contribution is 2.25. The lowest BCUT2D eigenvalue weighted by atomic mass is 10.1. The third-order valence-corrected chi connectivity index (χ3v) is 2.02. The fourth-order valence-corrected chi connectivity index (χ4v) is 1.16. The van der Waals surface area contributed by atoms with E-state index < -0.39 is 35.1 Å². The summed E-state index contributed by atoms with van der Waals surface area (Å²) in [5, 5.41) is 19.0. The maximum Gasteiger partial charge on any atom is 0.414 e. The number of rotatable bonds is 3. The summed E-state index contributed by atoms with van der Waals surface area (Å²) in [7, 11) is 0. The molecule has 8 heteroatoms. The van der Waals surface area contributed by atoms with Crippen LogP contribution in [-0.4, -0.2) is 22.3 Å². The number of nitrogens with zero attached hydrogens (tertiary/aromatic N) is 1. The number of halogens is 4. The van der Waals surface area contributed by atoms with Crippen molar-refractivity contribution in [1.29, 1.82) is 0 Å². The van der Waals surface area contributed by atoms with E-state index in [0.717, 1.165) is 12.1 Å². The summed E-state index contributed by atoms with van der Waals surface area (Å²) in [6.07, 6.45) is -8.28. The van der Waals surface area contributed by atoms with Crippen molar-refractivity contribution in [3.8, 4) is 0 Å². The second kappa shape index (κ2) is 4.66. The Labute approximate surface area is 92.6 Å². The quantitative estimate of drug-likeness (QED) is 0.510. The van der Waals surface area contributed by atoms with Crippen LogP contribution in [0, 0.1) is 15.9 Å². The lowest BCUT2D eigenvalue weighted by Gasteiger charge is -2.14. The van der Waals surface area contributed by atoms with Crippen molar-refractivity contribution >= 4 is 5.69 Å². The number of hydrogen-bond donors (Lipinski definition) is 1. The van der Waals surface area contributed by atoms with E-state index in [1.165, 1.54) is 0 Å². The summed E-state index contributed by atoms with van der Waals surface area (Å²) in [6.45, 7) is 0. The van der Waals surface area contributed by atoms with Crippen molar-refractivity contribution < 1.29 is 27.6 Å². The van der Waals surface area contributed by atoms with E-state index in [2.05, 4.69) is 0 Å². The standard InChI is InChI=1S/C9H7F4NO3/c10-6-3-5(1-2-7(6)14(16)17)4-8(15)9(11,12)13/h1-3,8,15H,4H2. The van der Waals surface area contributed by atoms with Gasteiger partial charge in [0.2, 0.25) is 5.82 Å². The SMILES string of the molecule is O=[N+]([O-])c1ccc(CC(O)C(F)(F)F)cc1F. The number of aliphatic hydroxyl groups excluding tert-OH is 1. The highest BCUT2D eigenvalue weighted by molar-refractivity contribution is 5.35. The van der Waals surface area contributed by atoms with Crippen molar-refractivity contribution in [3.63, 3.8) is 0 Å². The number of nitro groups is 1. The maximum atomic E-state index is 13.0. The molecule has 4 nitrogen and oxygen atoms in total. The number of aliphatic hydroxyl groups is 1. The Balaban J connectivity index is 2.88. The zero-order chi connectivity index (χ0) is 13.2. The van der Waals surface area contributed by atoms with Crippen molar-refractivity contribution in [2.75, 3.05) is 0 Å². The Morgan fingerprint density at radius 1 is 1.41 bits per heavy atom. The smallest absolute Gasteiger partial charge is 0.383 e. The van der Waals surface area contributed by atoms with Crippen LogP contribution >= 0.6 is 0 Å². The lowest BCUT2D eigenvalue weighted by Crippen LogP contribution is -2.30. The molecule has 0 heterocycles. The topological polar surface area (TPSA) is 63.4 Å². The van der Waals surface area contributed by atoms with Crippen molar-refractivity contribution in [2.24, 2.45) is 0 Å². The minimum atomic E-state index is -4.81. The van der Waals surface area contributed by atoms with Gasteiger partial charge in [0.25, 0.3) is 0 Å². The molecule has 17 heavy (non-hydrogen) atoms. The van der Waals surface area contributed by atoms with E-state index in [9.17, 15) is 27.7 Å². The molecule has 0 spiro atoms. The molecule has 1 N–H and O–H groups in total. The van der Waals surface area contributed by atoms with Gasteiger partial charge in [-0.15, -0.1) is 0 Å². The zero-order valence-electron chi connectivity index (χ0n) is 8.24. The van der Waals surface area contributed by atoms with Gasteiger partial charge in [0, 0.05) is 12.5 Å². The van der Waals surface area contributed by atoms with Crippen LogP contribution in [0.3, 0.4) is 0 Å². The van der Waals surface area contributed by atoms with E-state index in [1.807, 2.05) is 0 Å². The monoisotopic (exact) mass is 253 g/mol. The molecule has 1 aromatic rings. The molecule has 1 atom stereocenters. The third kappa shape index (κ3) is 3.38. The predicted octanol–water partition coefficient (Wildman–Crippen LogP) is 2.20. The highest BCUT2D eigenvalue weighted by atomic mass is 19.4. The second-order valence-corrected chi connectivity index (χ2v) is 3.30. The van der Waals surface area contributed by atoms with Gasteiger partial charge in [0.1, 0.15) is 0 Å². The lowest BCUT2D eigenvalue weighted by molar-refractivity contribution is -0.387. The highest BCUT2D eigenvalue weighted by Gasteiger charge is 2.38. The van der Waals surface area contributed by atoms with Gasteiger partial charge in [-0.05, 0) is 11.6 Å². The molecular formula is C9H7F4NO3. The molecule has 0 aliphatic carbocycles. The summed E-state index contributed by atoms with van der Waals surface area (Å²) in [5.41, 5.74) is -0.992. The molecule has 0 aliphatic heterocycles. The van der Waals surface area contributed by atoms with Gasteiger partial charge < -0.3 is 5.11 Å². The summed E-state index contributed by atoms with van der Waals surface area (Å²) < 4.78 is 49.0. The Morgan fingerprint density at radius 2 is 2.00 bits per heavy atom. The summed E-state index contributed by atoms with van der Waals surface area (Å²) in [4.78, 5) is 9.26. The van der Waals surface area contributed by atoms with Crippen molar-refractivity contribution in [2.45, 2.75) is 18.7 Å². The van der Waals surface area contributed by atoms with E-state index in [4.69, 9.17) is 5.11 Å². The minimum Gasteiger partial charge on any atom is -0.383 e. The molecule has 1 unspecified atom stereocenters. The number of hydrogen-bond acceptors (Lipinski definition) is 3. The fraction of sp³-hybridized carbons (Fsp3) is 0.333.